The number of hydrogen-bond acceptors (Lipinski definition) is 3. The Balaban J connectivity index is 1.91. The van der Waals surface area contributed by atoms with Gasteiger partial charge in [0.25, 0.3) is 0 Å². The van der Waals surface area contributed by atoms with Gasteiger partial charge in [-0.2, -0.15) is 0 Å². The lowest BCUT2D eigenvalue weighted by molar-refractivity contribution is 0.265. The van der Waals surface area contributed by atoms with Gasteiger partial charge in [0.1, 0.15) is 6.61 Å². The van der Waals surface area contributed by atoms with Crippen molar-refractivity contribution in [1.29, 1.82) is 0 Å². The Hall–Kier alpha value is -1.94. The Morgan fingerprint density at radius 3 is 2.50 bits per heavy atom. The van der Waals surface area contributed by atoms with Crippen molar-refractivity contribution >= 4 is 0 Å². The maximum absolute atomic E-state index is 5.82. The molecule has 0 spiro atoms. The average molecular weight is 274 g/mol. The van der Waals surface area contributed by atoms with Gasteiger partial charge in [-0.15, -0.1) is 0 Å². The number of nitrogens with two attached hydrogens (primary N) is 1. The van der Waals surface area contributed by atoms with Crippen LogP contribution in [0.3, 0.4) is 0 Å². The van der Waals surface area contributed by atoms with E-state index < -0.39 is 0 Å². The van der Waals surface area contributed by atoms with Crippen molar-refractivity contribution in [3.63, 3.8) is 0 Å². The molecule has 0 aliphatic rings. The number of benzene rings is 1. The molecule has 1 aromatic carbocycles. The zero-order valence-electron chi connectivity index (χ0n) is 11.9. The highest BCUT2D eigenvalue weighted by molar-refractivity contribution is 5.39. The van der Waals surface area contributed by atoms with E-state index in [2.05, 4.69) is 16.8 Å². The van der Waals surface area contributed by atoms with Crippen molar-refractivity contribution in [2.75, 3.05) is 19.8 Å². The minimum Gasteiger partial charge on any atom is -0.490 e. The number of aromatic nitrogens is 1. The highest BCUT2D eigenvalue weighted by Crippen LogP contribution is 2.26. The van der Waals surface area contributed by atoms with Crippen LogP contribution in [-0.4, -0.2) is 24.3 Å². The monoisotopic (exact) mass is 274 g/mol. The Morgan fingerprint density at radius 2 is 1.80 bits per heavy atom. The molecular weight excluding hydrogens is 252 g/mol. The molecule has 2 aromatic rings. The van der Waals surface area contributed by atoms with E-state index in [1.165, 1.54) is 5.69 Å². The van der Waals surface area contributed by atoms with Crippen LogP contribution < -0.4 is 15.2 Å². The highest BCUT2D eigenvalue weighted by Gasteiger charge is 2.04. The highest BCUT2D eigenvalue weighted by atomic mass is 16.5. The van der Waals surface area contributed by atoms with Crippen LogP contribution in [-0.2, 0) is 13.0 Å². The van der Waals surface area contributed by atoms with Gasteiger partial charge in [0.05, 0.1) is 13.2 Å². The van der Waals surface area contributed by atoms with Gasteiger partial charge in [0, 0.05) is 11.9 Å². The van der Waals surface area contributed by atoms with Crippen LogP contribution in [0.25, 0.3) is 0 Å². The lowest BCUT2D eigenvalue weighted by Gasteiger charge is -2.13. The Bertz CT molecular complexity index is 523. The molecule has 0 bridgehead atoms. The quantitative estimate of drug-likeness (QED) is 0.804. The van der Waals surface area contributed by atoms with Gasteiger partial charge in [0.15, 0.2) is 11.5 Å². The third-order valence-corrected chi connectivity index (χ3v) is 3.06. The summed E-state index contributed by atoms with van der Waals surface area (Å²) in [5.74, 6) is 1.59. The second kappa shape index (κ2) is 7.60. The zero-order chi connectivity index (χ0) is 14.2. The van der Waals surface area contributed by atoms with Crippen LogP contribution in [0.5, 0.6) is 11.5 Å². The molecule has 1 heterocycles. The number of para-hydroxylation sites is 2. The standard InChI is InChI=1S/C16H22N2O2/c1-2-19-15-7-3-4-8-16(15)20-13-12-18-11-5-6-14(18)9-10-17/h3-8,11H,2,9-10,12-13,17H2,1H3. The molecule has 0 amide bonds. The van der Waals surface area contributed by atoms with Crippen LogP contribution in [0.1, 0.15) is 12.6 Å². The van der Waals surface area contributed by atoms with E-state index in [-0.39, 0.29) is 0 Å². The van der Waals surface area contributed by atoms with Gasteiger partial charge in [0.2, 0.25) is 0 Å². The van der Waals surface area contributed by atoms with Gasteiger partial charge >= 0.3 is 0 Å². The molecule has 0 radical (unpaired) electrons. The second-order valence-corrected chi connectivity index (χ2v) is 4.46. The topological polar surface area (TPSA) is 49.4 Å². The van der Waals surface area contributed by atoms with E-state index in [0.29, 0.717) is 19.8 Å². The first kappa shape index (κ1) is 14.5. The van der Waals surface area contributed by atoms with E-state index in [0.717, 1.165) is 24.5 Å². The zero-order valence-corrected chi connectivity index (χ0v) is 11.9. The molecule has 0 saturated heterocycles. The minimum atomic E-state index is 0.607. The molecule has 108 valence electrons. The normalized spacial score (nSPS) is 10.5. The number of ether oxygens (including phenoxy) is 2. The van der Waals surface area contributed by atoms with Crippen LogP contribution in [0.4, 0.5) is 0 Å². The molecule has 0 saturated carbocycles. The average Bonchev–Trinajstić information content (AvgIpc) is 2.89. The maximum Gasteiger partial charge on any atom is 0.161 e. The fourth-order valence-corrected chi connectivity index (χ4v) is 2.14. The third-order valence-electron chi connectivity index (χ3n) is 3.06. The lowest BCUT2D eigenvalue weighted by Crippen LogP contribution is -2.13. The van der Waals surface area contributed by atoms with Gasteiger partial charge in [-0.25, -0.2) is 0 Å². The van der Waals surface area contributed by atoms with Gasteiger partial charge in [-0.3, -0.25) is 0 Å². The van der Waals surface area contributed by atoms with E-state index in [1.807, 2.05) is 37.3 Å². The largest absolute Gasteiger partial charge is 0.490 e. The molecule has 0 aliphatic heterocycles. The Labute approximate surface area is 120 Å². The minimum absolute atomic E-state index is 0.607. The summed E-state index contributed by atoms with van der Waals surface area (Å²) < 4.78 is 13.5. The molecule has 2 N–H and O–H groups in total. The summed E-state index contributed by atoms with van der Waals surface area (Å²) in [4.78, 5) is 0. The molecule has 4 heteroatoms. The van der Waals surface area contributed by atoms with Crippen molar-refractivity contribution in [2.45, 2.75) is 19.9 Å². The second-order valence-electron chi connectivity index (χ2n) is 4.46. The first-order chi connectivity index (χ1) is 9.85. The van der Waals surface area contributed by atoms with Crippen LogP contribution in [0.15, 0.2) is 42.6 Å². The fourth-order valence-electron chi connectivity index (χ4n) is 2.14. The van der Waals surface area contributed by atoms with Gasteiger partial charge in [-0.05, 0) is 44.2 Å². The Kier molecular flexibility index (Phi) is 5.50. The van der Waals surface area contributed by atoms with Crippen molar-refractivity contribution in [3.8, 4) is 11.5 Å². The molecule has 0 aliphatic carbocycles. The molecular formula is C16H22N2O2. The fraction of sp³-hybridized carbons (Fsp3) is 0.375. The summed E-state index contributed by atoms with van der Waals surface area (Å²) in [6.07, 6.45) is 2.95. The van der Waals surface area contributed by atoms with E-state index in [1.54, 1.807) is 0 Å². The number of nitrogens with zero attached hydrogens (tertiary/aromatic N) is 1. The first-order valence-electron chi connectivity index (χ1n) is 7.04. The summed E-state index contributed by atoms with van der Waals surface area (Å²) in [7, 11) is 0. The van der Waals surface area contributed by atoms with Crippen LogP contribution in [0, 0.1) is 0 Å². The number of rotatable bonds is 8. The van der Waals surface area contributed by atoms with Crippen molar-refractivity contribution in [2.24, 2.45) is 5.73 Å². The smallest absolute Gasteiger partial charge is 0.161 e. The summed E-state index contributed by atoms with van der Waals surface area (Å²) in [5, 5.41) is 0. The molecule has 1 aromatic heterocycles. The molecule has 0 unspecified atom stereocenters. The van der Waals surface area contributed by atoms with Crippen LogP contribution in [0.2, 0.25) is 0 Å². The van der Waals surface area contributed by atoms with Gasteiger partial charge in [-0.1, -0.05) is 12.1 Å². The summed E-state index contributed by atoms with van der Waals surface area (Å²) in [6, 6.07) is 11.9. The summed E-state index contributed by atoms with van der Waals surface area (Å²) >= 11 is 0. The third kappa shape index (κ3) is 3.78. The first-order valence-corrected chi connectivity index (χ1v) is 7.04. The predicted molar refractivity (Wildman–Crippen MR) is 80.3 cm³/mol. The van der Waals surface area contributed by atoms with E-state index in [9.17, 15) is 0 Å². The van der Waals surface area contributed by atoms with E-state index >= 15 is 0 Å². The molecule has 0 fully saturated rings. The van der Waals surface area contributed by atoms with E-state index in [4.69, 9.17) is 15.2 Å². The molecule has 4 nitrogen and oxygen atoms in total. The summed E-state index contributed by atoms with van der Waals surface area (Å²) in [6.45, 7) is 4.69. The SMILES string of the molecule is CCOc1ccccc1OCCn1cccc1CCN. The predicted octanol–water partition coefficient (Wildman–Crippen LogP) is 2.47. The van der Waals surface area contributed by atoms with Crippen molar-refractivity contribution in [3.05, 3.63) is 48.3 Å². The summed E-state index contributed by atoms with van der Waals surface area (Å²) in [5.41, 5.74) is 6.85. The molecule has 20 heavy (non-hydrogen) atoms. The maximum atomic E-state index is 5.82. The van der Waals surface area contributed by atoms with Crippen molar-refractivity contribution < 1.29 is 9.47 Å². The number of hydrogen-bond donors (Lipinski definition) is 1. The van der Waals surface area contributed by atoms with Gasteiger partial charge < -0.3 is 19.8 Å². The Morgan fingerprint density at radius 1 is 1.05 bits per heavy atom. The molecule has 0 atom stereocenters. The van der Waals surface area contributed by atoms with Crippen molar-refractivity contribution in [1.82, 2.24) is 4.57 Å². The van der Waals surface area contributed by atoms with Crippen LogP contribution >= 0.6 is 0 Å². The lowest BCUT2D eigenvalue weighted by atomic mass is 10.3. The molecule has 2 rings (SSSR count).